The Labute approximate surface area is 118 Å². The van der Waals surface area contributed by atoms with Gasteiger partial charge in [0.25, 0.3) is 0 Å². The molecule has 0 unspecified atom stereocenters. The number of carbonyl (C=O) groups excluding carboxylic acids is 1. The van der Waals surface area contributed by atoms with Gasteiger partial charge in [0, 0.05) is 32.4 Å². The minimum Gasteiger partial charge on any atom is -0.409 e. The van der Waals surface area contributed by atoms with Gasteiger partial charge in [-0.15, -0.1) is 0 Å². The Bertz CT molecular complexity index is 531. The van der Waals surface area contributed by atoms with Crippen molar-refractivity contribution in [2.75, 3.05) is 7.05 Å². The molecule has 0 radical (unpaired) electrons. The van der Waals surface area contributed by atoms with Crippen LogP contribution in [0.1, 0.15) is 25.3 Å². The average molecular weight is 279 g/mol. The summed E-state index contributed by atoms with van der Waals surface area (Å²) >= 11 is 0. The Balaban J connectivity index is 2.12. The second-order valence-electron chi connectivity index (χ2n) is 5.76. The zero-order chi connectivity index (χ0) is 14.9. The lowest BCUT2D eigenvalue weighted by molar-refractivity contribution is -0.143. The summed E-state index contributed by atoms with van der Waals surface area (Å²) in [5, 5.41) is 16.1. The lowest BCUT2D eigenvalue weighted by Gasteiger charge is -2.45. The van der Waals surface area contributed by atoms with Crippen molar-refractivity contribution in [1.29, 1.82) is 0 Å². The molecule has 2 rings (SSSR count). The van der Waals surface area contributed by atoms with Crippen molar-refractivity contribution in [2.45, 2.75) is 26.3 Å². The third-order valence-electron chi connectivity index (χ3n) is 3.93. The normalized spacial score (nSPS) is 26.1. The molecule has 3 N–H and O–H groups in total. The molecule has 0 spiro atoms. The number of rotatable bonds is 4. The maximum atomic E-state index is 12.6. The quantitative estimate of drug-likeness (QED) is 0.364. The molecule has 1 aromatic heterocycles. The summed E-state index contributed by atoms with van der Waals surface area (Å²) in [6, 6.07) is 0. The van der Waals surface area contributed by atoms with Gasteiger partial charge in [0.1, 0.15) is 5.41 Å². The van der Waals surface area contributed by atoms with Crippen molar-refractivity contribution in [3.8, 4) is 0 Å². The number of aromatic nitrogens is 2. The topological polar surface area (TPSA) is 96.7 Å². The molecular weight excluding hydrogens is 258 g/mol. The monoisotopic (exact) mass is 279 g/mol. The average Bonchev–Trinajstić information content (AvgIpc) is 2.78. The van der Waals surface area contributed by atoms with E-state index in [-0.39, 0.29) is 11.7 Å². The van der Waals surface area contributed by atoms with E-state index in [0.717, 1.165) is 5.56 Å². The van der Waals surface area contributed by atoms with Crippen LogP contribution in [0.25, 0.3) is 0 Å². The Morgan fingerprint density at radius 2 is 2.35 bits per heavy atom. The van der Waals surface area contributed by atoms with Crippen LogP contribution in [0.5, 0.6) is 0 Å². The minimum atomic E-state index is -0.842. The Hall–Kier alpha value is -2.05. The number of nitrogens with two attached hydrogens (primary N) is 1. The van der Waals surface area contributed by atoms with Crippen LogP contribution in [-0.4, -0.2) is 38.7 Å². The van der Waals surface area contributed by atoms with E-state index in [1.54, 1.807) is 22.8 Å². The molecule has 1 fully saturated rings. The van der Waals surface area contributed by atoms with E-state index < -0.39 is 5.41 Å². The molecular formula is C13H21N5O2. The number of nitrogens with zero attached hydrogens (tertiary/aromatic N) is 4. The number of carbonyl (C=O) groups is 1. The molecule has 0 aliphatic heterocycles. The van der Waals surface area contributed by atoms with Crippen molar-refractivity contribution >= 4 is 11.7 Å². The highest BCUT2D eigenvalue weighted by Crippen LogP contribution is 2.47. The van der Waals surface area contributed by atoms with Crippen LogP contribution in [0.3, 0.4) is 0 Å². The fourth-order valence-electron chi connectivity index (χ4n) is 2.98. The molecule has 0 aromatic carbocycles. The van der Waals surface area contributed by atoms with E-state index in [0.29, 0.717) is 25.3 Å². The Kier molecular flexibility index (Phi) is 3.69. The maximum Gasteiger partial charge on any atom is 0.236 e. The van der Waals surface area contributed by atoms with Crippen LogP contribution in [0.2, 0.25) is 0 Å². The van der Waals surface area contributed by atoms with E-state index in [2.05, 4.69) is 17.2 Å². The predicted molar refractivity (Wildman–Crippen MR) is 73.9 cm³/mol. The molecule has 1 saturated carbocycles. The molecule has 1 aliphatic carbocycles. The fraction of sp³-hybridized carbons (Fsp3) is 0.615. The first kappa shape index (κ1) is 14.4. The molecule has 0 atom stereocenters. The summed E-state index contributed by atoms with van der Waals surface area (Å²) in [6.07, 6.45) is 4.84. The van der Waals surface area contributed by atoms with Crippen molar-refractivity contribution in [3.63, 3.8) is 0 Å². The van der Waals surface area contributed by atoms with E-state index >= 15 is 0 Å². The van der Waals surface area contributed by atoms with Crippen LogP contribution >= 0.6 is 0 Å². The van der Waals surface area contributed by atoms with Gasteiger partial charge in [0.05, 0.1) is 6.20 Å². The van der Waals surface area contributed by atoms with Gasteiger partial charge in [-0.1, -0.05) is 12.1 Å². The first-order valence-corrected chi connectivity index (χ1v) is 6.60. The van der Waals surface area contributed by atoms with Crippen LogP contribution in [0.4, 0.5) is 0 Å². The zero-order valence-electron chi connectivity index (χ0n) is 12.1. The third kappa shape index (κ3) is 2.35. The number of hydrogen-bond donors (Lipinski definition) is 2. The second kappa shape index (κ2) is 5.15. The highest BCUT2D eigenvalue weighted by Gasteiger charge is 2.53. The first-order chi connectivity index (χ1) is 9.39. The molecule has 0 saturated heterocycles. The third-order valence-corrected chi connectivity index (χ3v) is 3.93. The molecule has 7 nitrogen and oxygen atoms in total. The van der Waals surface area contributed by atoms with Gasteiger partial charge in [-0.05, 0) is 18.8 Å². The number of amides is 1. The van der Waals surface area contributed by atoms with Crippen molar-refractivity contribution in [2.24, 2.45) is 29.3 Å². The summed E-state index contributed by atoms with van der Waals surface area (Å²) in [7, 11) is 3.56. The van der Waals surface area contributed by atoms with Gasteiger partial charge in [-0.25, -0.2) is 0 Å². The minimum absolute atomic E-state index is 0.0126. The Morgan fingerprint density at radius 1 is 1.70 bits per heavy atom. The van der Waals surface area contributed by atoms with Gasteiger partial charge >= 0.3 is 0 Å². The molecule has 20 heavy (non-hydrogen) atoms. The van der Waals surface area contributed by atoms with Crippen molar-refractivity contribution in [3.05, 3.63) is 18.0 Å². The lowest BCUT2D eigenvalue weighted by atomic mass is 9.61. The summed E-state index contributed by atoms with van der Waals surface area (Å²) in [5.74, 6) is 0.319. The van der Waals surface area contributed by atoms with Gasteiger partial charge in [0.15, 0.2) is 5.84 Å². The SMILES string of the molecule is CC1CC(C(=O)N(C)Cc2cnn(C)c2)(C(N)=NO)C1. The summed E-state index contributed by atoms with van der Waals surface area (Å²) < 4.78 is 1.69. The molecule has 1 amide bonds. The molecule has 1 aromatic rings. The maximum absolute atomic E-state index is 12.6. The van der Waals surface area contributed by atoms with E-state index in [4.69, 9.17) is 10.9 Å². The number of hydrogen-bond acceptors (Lipinski definition) is 4. The Morgan fingerprint density at radius 3 is 2.80 bits per heavy atom. The van der Waals surface area contributed by atoms with Crippen LogP contribution < -0.4 is 5.73 Å². The van der Waals surface area contributed by atoms with Gasteiger partial charge < -0.3 is 15.8 Å². The van der Waals surface area contributed by atoms with Gasteiger partial charge in [-0.2, -0.15) is 5.10 Å². The van der Waals surface area contributed by atoms with E-state index in [1.165, 1.54) is 0 Å². The van der Waals surface area contributed by atoms with Crippen LogP contribution in [0, 0.1) is 11.3 Å². The highest BCUT2D eigenvalue weighted by atomic mass is 16.4. The second-order valence-corrected chi connectivity index (χ2v) is 5.76. The molecule has 0 bridgehead atoms. The molecule has 110 valence electrons. The van der Waals surface area contributed by atoms with Gasteiger partial charge in [0.2, 0.25) is 5.91 Å². The van der Waals surface area contributed by atoms with E-state index in [1.807, 2.05) is 13.2 Å². The molecule has 1 aliphatic rings. The molecule has 7 heteroatoms. The fourth-order valence-corrected chi connectivity index (χ4v) is 2.98. The van der Waals surface area contributed by atoms with Gasteiger partial charge in [-0.3, -0.25) is 9.48 Å². The first-order valence-electron chi connectivity index (χ1n) is 6.60. The number of amidine groups is 1. The zero-order valence-corrected chi connectivity index (χ0v) is 12.1. The largest absolute Gasteiger partial charge is 0.409 e. The van der Waals surface area contributed by atoms with Crippen molar-refractivity contribution in [1.82, 2.24) is 14.7 Å². The smallest absolute Gasteiger partial charge is 0.236 e. The van der Waals surface area contributed by atoms with Crippen molar-refractivity contribution < 1.29 is 10.0 Å². The summed E-state index contributed by atoms with van der Waals surface area (Å²) in [6.45, 7) is 2.51. The standard InChI is InChI=1S/C13H21N5O2/c1-9-4-13(5-9,11(14)16-20)12(19)17(2)7-10-6-15-18(3)8-10/h6,8-9,20H,4-5,7H2,1-3H3,(H2,14,16). The highest BCUT2D eigenvalue weighted by molar-refractivity contribution is 6.07. The summed E-state index contributed by atoms with van der Waals surface area (Å²) in [5.41, 5.74) is 5.86. The lowest BCUT2D eigenvalue weighted by Crippen LogP contribution is -2.56. The van der Waals surface area contributed by atoms with Crippen LogP contribution in [-0.2, 0) is 18.4 Å². The summed E-state index contributed by atoms with van der Waals surface area (Å²) in [4.78, 5) is 14.2. The molecule has 1 heterocycles. The van der Waals surface area contributed by atoms with E-state index in [9.17, 15) is 4.79 Å². The van der Waals surface area contributed by atoms with Crippen LogP contribution in [0.15, 0.2) is 17.5 Å². The number of oxime groups is 1. The predicted octanol–water partition coefficient (Wildman–Crippen LogP) is 0.541. The number of aryl methyl sites for hydroxylation is 1.